The molecular weight excluding hydrogens is 395 g/mol. The van der Waals surface area contributed by atoms with Crippen LogP contribution in [0.25, 0.3) is 5.69 Å². The zero-order valence-corrected chi connectivity index (χ0v) is 15.3. The molecule has 0 unspecified atom stereocenters. The molecule has 2 aliphatic carbocycles. The van der Waals surface area contributed by atoms with Crippen molar-refractivity contribution in [2.45, 2.75) is 56.7 Å². The Bertz CT molecular complexity index is 914. The Labute approximate surface area is 163 Å². The quantitative estimate of drug-likeness (QED) is 0.766. The second-order valence-electron chi connectivity index (χ2n) is 7.60. The van der Waals surface area contributed by atoms with Crippen LogP contribution < -0.4 is 5.32 Å². The number of nitrogens with one attached hydrogen (secondary N) is 1. The lowest BCUT2D eigenvalue weighted by atomic mass is 9.86. The summed E-state index contributed by atoms with van der Waals surface area (Å²) < 4.78 is 66.6. The number of halogens is 5. The largest absolute Gasteiger partial charge is 0.433 e. The molecule has 0 radical (unpaired) electrons. The summed E-state index contributed by atoms with van der Waals surface area (Å²) in [6.45, 7) is 0. The van der Waals surface area contributed by atoms with Crippen LogP contribution in [0.3, 0.4) is 0 Å². The topological polar surface area (TPSA) is 59.8 Å². The fourth-order valence-electron chi connectivity index (χ4n) is 3.94. The van der Waals surface area contributed by atoms with Gasteiger partial charge < -0.3 is 5.32 Å². The van der Waals surface area contributed by atoms with Gasteiger partial charge in [-0.25, -0.2) is 13.5 Å². The van der Waals surface area contributed by atoms with Crippen LogP contribution in [-0.2, 0) is 17.4 Å². The van der Waals surface area contributed by atoms with Crippen molar-refractivity contribution in [1.82, 2.24) is 20.1 Å². The minimum Gasteiger partial charge on any atom is -0.349 e. The third-order valence-corrected chi connectivity index (χ3v) is 5.57. The normalized spacial score (nSPS) is 21.8. The molecule has 0 saturated heterocycles. The molecule has 1 fully saturated rings. The highest BCUT2D eigenvalue weighted by Gasteiger charge is 2.38. The molecule has 1 atom stereocenters. The number of nitrogens with zero attached hydrogens (tertiary/aromatic N) is 3. The number of hydrogen-bond donors (Lipinski definition) is 1. The minimum absolute atomic E-state index is 0.148. The molecule has 0 bridgehead atoms. The number of pyridine rings is 1. The zero-order valence-electron chi connectivity index (χ0n) is 15.3. The summed E-state index contributed by atoms with van der Waals surface area (Å²) in [4.78, 5) is 15.8. The highest BCUT2D eigenvalue weighted by Crippen LogP contribution is 2.37. The first-order chi connectivity index (χ1) is 13.6. The van der Waals surface area contributed by atoms with Gasteiger partial charge in [0.1, 0.15) is 5.69 Å². The van der Waals surface area contributed by atoms with Crippen molar-refractivity contribution >= 4 is 5.91 Å². The van der Waals surface area contributed by atoms with Crippen LogP contribution in [0.2, 0.25) is 0 Å². The number of fused-ring (bicyclic) bond motifs is 1. The fraction of sp³-hybridized carbons (Fsp3) is 0.526. The lowest BCUT2D eigenvalue weighted by Gasteiger charge is -2.28. The summed E-state index contributed by atoms with van der Waals surface area (Å²) >= 11 is 0. The number of rotatable bonds is 3. The summed E-state index contributed by atoms with van der Waals surface area (Å²) in [5.74, 6) is -3.39. The molecule has 0 aromatic carbocycles. The first-order valence-electron chi connectivity index (χ1n) is 9.43. The summed E-state index contributed by atoms with van der Waals surface area (Å²) in [6, 6.07) is 2.02. The molecule has 29 heavy (non-hydrogen) atoms. The Morgan fingerprint density at radius 1 is 1.21 bits per heavy atom. The predicted octanol–water partition coefficient (Wildman–Crippen LogP) is 4.22. The number of aryl methyl sites for hydroxylation is 1. The second-order valence-corrected chi connectivity index (χ2v) is 7.60. The van der Waals surface area contributed by atoms with Gasteiger partial charge in [-0.1, -0.05) is 0 Å². The molecular formula is C19H19F5N4O. The van der Waals surface area contributed by atoms with E-state index < -0.39 is 23.7 Å². The Balaban J connectivity index is 1.48. The molecule has 5 nitrogen and oxygen atoms in total. The van der Waals surface area contributed by atoms with Crippen molar-refractivity contribution < 1.29 is 26.7 Å². The highest BCUT2D eigenvalue weighted by atomic mass is 19.4. The molecule has 4 rings (SSSR count). The summed E-state index contributed by atoms with van der Waals surface area (Å²) in [5.41, 5.74) is 0.659. The predicted molar refractivity (Wildman–Crippen MR) is 92.5 cm³/mol. The maximum absolute atomic E-state index is 13.3. The van der Waals surface area contributed by atoms with E-state index in [0.717, 1.165) is 17.8 Å². The van der Waals surface area contributed by atoms with Gasteiger partial charge >= 0.3 is 6.18 Å². The van der Waals surface area contributed by atoms with E-state index in [1.54, 1.807) is 6.20 Å². The van der Waals surface area contributed by atoms with E-state index in [4.69, 9.17) is 0 Å². The Hall–Kier alpha value is -2.52. The van der Waals surface area contributed by atoms with E-state index in [1.807, 2.05) is 0 Å². The smallest absolute Gasteiger partial charge is 0.349 e. The van der Waals surface area contributed by atoms with Gasteiger partial charge in [-0.05, 0) is 37.8 Å². The molecule has 10 heteroatoms. The number of amides is 1. The van der Waals surface area contributed by atoms with Gasteiger partial charge in [0, 0.05) is 36.7 Å². The van der Waals surface area contributed by atoms with E-state index >= 15 is 0 Å². The van der Waals surface area contributed by atoms with E-state index in [0.29, 0.717) is 18.5 Å². The van der Waals surface area contributed by atoms with E-state index in [9.17, 15) is 26.7 Å². The lowest BCUT2D eigenvalue weighted by molar-refractivity contribution is -0.141. The average molecular weight is 414 g/mol. The lowest BCUT2D eigenvalue weighted by Crippen LogP contribution is -2.37. The van der Waals surface area contributed by atoms with Gasteiger partial charge in [0.15, 0.2) is 0 Å². The molecule has 2 aromatic heterocycles. The maximum Gasteiger partial charge on any atom is 0.433 e. The van der Waals surface area contributed by atoms with Crippen LogP contribution in [0.5, 0.6) is 0 Å². The van der Waals surface area contributed by atoms with Gasteiger partial charge in [-0.15, -0.1) is 0 Å². The molecule has 1 amide bonds. The second kappa shape index (κ2) is 7.07. The van der Waals surface area contributed by atoms with Crippen LogP contribution in [0.1, 0.15) is 55.1 Å². The Morgan fingerprint density at radius 2 is 1.93 bits per heavy atom. The van der Waals surface area contributed by atoms with Crippen molar-refractivity contribution in [3.63, 3.8) is 0 Å². The maximum atomic E-state index is 13.3. The van der Waals surface area contributed by atoms with Crippen molar-refractivity contribution in [1.29, 1.82) is 0 Å². The Kier molecular flexibility index (Phi) is 4.82. The van der Waals surface area contributed by atoms with Crippen LogP contribution >= 0.6 is 0 Å². The standard InChI is InChI=1S/C19H19F5N4O/c20-18(21)6-3-11(4-7-18)17(29)26-14-1-2-15-13(14)10-28(27-15)12-5-8-25-16(9-12)19(22,23)24/h5,8-11,14H,1-4,6-7H2,(H,26,29)/t14-/m1/s1. The first-order valence-corrected chi connectivity index (χ1v) is 9.43. The summed E-state index contributed by atoms with van der Waals surface area (Å²) in [7, 11) is 0. The van der Waals surface area contributed by atoms with E-state index in [-0.39, 0.29) is 43.3 Å². The van der Waals surface area contributed by atoms with Gasteiger partial charge in [0.05, 0.1) is 17.4 Å². The first kappa shape index (κ1) is 19.8. The third-order valence-electron chi connectivity index (χ3n) is 5.57. The van der Waals surface area contributed by atoms with Gasteiger partial charge in [0.25, 0.3) is 0 Å². The van der Waals surface area contributed by atoms with E-state index in [2.05, 4.69) is 15.4 Å². The number of carbonyl (C=O) groups is 1. The van der Waals surface area contributed by atoms with Crippen LogP contribution in [0, 0.1) is 5.92 Å². The fourth-order valence-corrected chi connectivity index (χ4v) is 3.94. The average Bonchev–Trinajstić information content (AvgIpc) is 3.23. The highest BCUT2D eigenvalue weighted by molar-refractivity contribution is 5.79. The number of aromatic nitrogens is 3. The zero-order chi connectivity index (χ0) is 20.8. The molecule has 156 valence electrons. The number of carbonyl (C=O) groups excluding carboxylic acids is 1. The molecule has 2 heterocycles. The van der Waals surface area contributed by atoms with Gasteiger partial charge in [-0.2, -0.15) is 18.3 Å². The molecule has 0 spiro atoms. The minimum atomic E-state index is -4.56. The molecule has 1 saturated carbocycles. The van der Waals surface area contributed by atoms with Gasteiger partial charge in [-0.3, -0.25) is 9.78 Å². The number of alkyl halides is 5. The van der Waals surface area contributed by atoms with Crippen molar-refractivity contribution in [3.05, 3.63) is 41.5 Å². The summed E-state index contributed by atoms with van der Waals surface area (Å²) in [6.07, 6.45) is -0.959. The van der Waals surface area contributed by atoms with Gasteiger partial charge in [0.2, 0.25) is 11.8 Å². The SMILES string of the molecule is O=C(N[C@@H]1CCc2nn(-c3ccnc(C(F)(F)F)c3)cc21)C1CCC(F)(F)CC1. The van der Waals surface area contributed by atoms with Crippen LogP contribution in [0.4, 0.5) is 22.0 Å². The molecule has 1 N–H and O–H groups in total. The molecule has 2 aromatic rings. The van der Waals surface area contributed by atoms with E-state index in [1.165, 1.54) is 10.7 Å². The summed E-state index contributed by atoms with van der Waals surface area (Å²) in [5, 5.41) is 7.25. The molecule has 2 aliphatic rings. The monoisotopic (exact) mass is 414 g/mol. The van der Waals surface area contributed by atoms with Crippen LogP contribution in [-0.4, -0.2) is 26.6 Å². The van der Waals surface area contributed by atoms with Crippen molar-refractivity contribution in [2.75, 3.05) is 0 Å². The van der Waals surface area contributed by atoms with Crippen molar-refractivity contribution in [2.24, 2.45) is 5.92 Å². The third kappa shape index (κ3) is 4.11. The van der Waals surface area contributed by atoms with Crippen LogP contribution in [0.15, 0.2) is 24.5 Å². The number of hydrogen-bond acceptors (Lipinski definition) is 3. The molecule has 0 aliphatic heterocycles. The Morgan fingerprint density at radius 3 is 2.62 bits per heavy atom. The van der Waals surface area contributed by atoms with Crippen molar-refractivity contribution in [3.8, 4) is 5.69 Å².